The summed E-state index contributed by atoms with van der Waals surface area (Å²) in [5.74, 6) is 5.98. The van der Waals surface area contributed by atoms with Crippen molar-refractivity contribution in [1.29, 1.82) is 5.26 Å². The second-order valence-electron chi connectivity index (χ2n) is 6.64. The van der Waals surface area contributed by atoms with Crippen molar-refractivity contribution < 1.29 is 14.3 Å². The van der Waals surface area contributed by atoms with Crippen LogP contribution in [0.2, 0.25) is 0 Å². The maximum Gasteiger partial charge on any atom is 0.344 e. The van der Waals surface area contributed by atoms with Crippen LogP contribution in [-0.4, -0.2) is 23.2 Å². The molecule has 0 aliphatic rings. The van der Waals surface area contributed by atoms with Gasteiger partial charge in [-0.3, -0.25) is 4.98 Å². The van der Waals surface area contributed by atoms with E-state index in [0.717, 1.165) is 11.1 Å². The lowest BCUT2D eigenvalue weighted by Gasteiger charge is -2.19. The van der Waals surface area contributed by atoms with Gasteiger partial charge in [-0.25, -0.2) is 4.79 Å². The minimum atomic E-state index is -0.578. The van der Waals surface area contributed by atoms with Gasteiger partial charge in [0.15, 0.2) is 6.61 Å². The smallest absolute Gasteiger partial charge is 0.344 e. The normalized spacial score (nSPS) is 10.3. The van der Waals surface area contributed by atoms with E-state index in [1.54, 1.807) is 51.4 Å². The number of esters is 1. The Morgan fingerprint density at radius 2 is 1.92 bits per heavy atom. The highest BCUT2D eigenvalue weighted by Gasteiger charge is 2.17. The zero-order valence-electron chi connectivity index (χ0n) is 15.3. The van der Waals surface area contributed by atoms with E-state index >= 15 is 0 Å². The second kappa shape index (κ2) is 8.18. The number of aryl methyl sites for hydroxylation is 1. The van der Waals surface area contributed by atoms with Crippen molar-refractivity contribution >= 4 is 5.97 Å². The van der Waals surface area contributed by atoms with E-state index in [1.807, 2.05) is 13.0 Å². The van der Waals surface area contributed by atoms with Crippen LogP contribution in [0.25, 0.3) is 0 Å². The van der Waals surface area contributed by atoms with Crippen molar-refractivity contribution in [3.8, 4) is 23.7 Å². The molecule has 0 bridgehead atoms. The molecule has 0 aliphatic heterocycles. The fourth-order valence-corrected chi connectivity index (χ4v) is 2.06. The molecule has 2 aromatic rings. The Morgan fingerprint density at radius 3 is 2.58 bits per heavy atom. The highest BCUT2D eigenvalue weighted by atomic mass is 16.6. The topological polar surface area (TPSA) is 72.2 Å². The van der Waals surface area contributed by atoms with Crippen LogP contribution in [-0.2, 0) is 9.53 Å². The molecule has 132 valence electrons. The summed E-state index contributed by atoms with van der Waals surface area (Å²) in [6.07, 6.45) is 3.38. The van der Waals surface area contributed by atoms with Crippen LogP contribution in [0.1, 0.15) is 43.0 Å². The predicted octanol–water partition coefficient (Wildman–Crippen LogP) is 3.38. The van der Waals surface area contributed by atoms with Crippen molar-refractivity contribution in [2.45, 2.75) is 33.3 Å². The van der Waals surface area contributed by atoms with Crippen molar-refractivity contribution in [3.05, 3.63) is 58.9 Å². The van der Waals surface area contributed by atoms with E-state index in [1.165, 1.54) is 0 Å². The highest BCUT2D eigenvalue weighted by Crippen LogP contribution is 2.20. The monoisotopic (exact) mass is 348 g/mol. The summed E-state index contributed by atoms with van der Waals surface area (Å²) in [6, 6.07) is 8.82. The number of rotatable bonds is 3. The van der Waals surface area contributed by atoms with Crippen molar-refractivity contribution in [3.63, 3.8) is 0 Å². The lowest BCUT2D eigenvalue weighted by molar-refractivity contribution is -0.157. The van der Waals surface area contributed by atoms with Gasteiger partial charge in [0.05, 0.1) is 17.2 Å². The van der Waals surface area contributed by atoms with Crippen molar-refractivity contribution in [2.24, 2.45) is 0 Å². The zero-order valence-corrected chi connectivity index (χ0v) is 15.3. The SMILES string of the molecule is Cc1ccncc1C#Cc1cc(C#N)ccc1OCC(=O)OC(C)(C)C. The molecule has 0 N–H and O–H groups in total. The number of benzene rings is 1. The summed E-state index contributed by atoms with van der Waals surface area (Å²) in [5.41, 5.74) is 2.19. The van der Waals surface area contributed by atoms with Gasteiger partial charge in [-0.2, -0.15) is 5.26 Å². The third kappa shape index (κ3) is 5.65. The average Bonchev–Trinajstić information content (AvgIpc) is 2.58. The predicted molar refractivity (Wildman–Crippen MR) is 97.5 cm³/mol. The fraction of sp³-hybridized carbons (Fsp3) is 0.286. The molecular weight excluding hydrogens is 328 g/mol. The molecule has 0 atom stereocenters. The Hall–Kier alpha value is -3.31. The Kier molecular flexibility index (Phi) is 5.98. The molecule has 5 nitrogen and oxygen atoms in total. The van der Waals surface area contributed by atoms with Gasteiger partial charge in [-0.15, -0.1) is 0 Å². The van der Waals surface area contributed by atoms with E-state index in [2.05, 4.69) is 22.9 Å². The summed E-state index contributed by atoms with van der Waals surface area (Å²) in [7, 11) is 0. The number of nitrogens with zero attached hydrogens (tertiary/aromatic N) is 2. The summed E-state index contributed by atoms with van der Waals surface area (Å²) in [4.78, 5) is 15.9. The third-order valence-corrected chi connectivity index (χ3v) is 3.25. The van der Waals surface area contributed by atoms with E-state index in [0.29, 0.717) is 16.9 Å². The first kappa shape index (κ1) is 19.0. The van der Waals surface area contributed by atoms with Crippen LogP contribution in [0.15, 0.2) is 36.7 Å². The molecule has 0 saturated heterocycles. The standard InChI is InChI=1S/C21H20N2O3/c1-15-9-10-23-13-18(15)7-6-17-11-16(12-22)5-8-19(17)25-14-20(24)26-21(2,3)4/h5,8-11,13H,14H2,1-4H3. The number of hydrogen-bond acceptors (Lipinski definition) is 5. The quantitative estimate of drug-likeness (QED) is 0.628. The second-order valence-corrected chi connectivity index (χ2v) is 6.64. The van der Waals surface area contributed by atoms with Gasteiger partial charge in [0.25, 0.3) is 0 Å². The number of nitriles is 1. The number of aromatic nitrogens is 1. The summed E-state index contributed by atoms with van der Waals surface area (Å²) in [5, 5.41) is 9.10. The lowest BCUT2D eigenvalue weighted by Crippen LogP contribution is -2.27. The fourth-order valence-electron chi connectivity index (χ4n) is 2.06. The first-order valence-corrected chi connectivity index (χ1v) is 8.10. The summed E-state index contributed by atoms with van der Waals surface area (Å²) >= 11 is 0. The van der Waals surface area contributed by atoms with Gasteiger partial charge in [-0.05, 0) is 57.5 Å². The molecule has 5 heteroatoms. The van der Waals surface area contributed by atoms with Gasteiger partial charge >= 0.3 is 5.97 Å². The molecule has 0 amide bonds. The van der Waals surface area contributed by atoms with Crippen molar-refractivity contribution in [1.82, 2.24) is 4.98 Å². The molecule has 1 heterocycles. The molecule has 2 rings (SSSR count). The molecule has 26 heavy (non-hydrogen) atoms. The molecule has 0 spiro atoms. The van der Waals surface area contributed by atoms with Crippen LogP contribution in [0.5, 0.6) is 5.75 Å². The van der Waals surface area contributed by atoms with Crippen LogP contribution < -0.4 is 4.74 Å². The molecule has 1 aromatic carbocycles. The summed E-state index contributed by atoms with van der Waals surface area (Å²) in [6.45, 7) is 7.08. The first-order valence-electron chi connectivity index (χ1n) is 8.10. The maximum atomic E-state index is 11.8. The summed E-state index contributed by atoms with van der Waals surface area (Å²) < 4.78 is 10.8. The molecule has 0 fully saturated rings. The number of carbonyl (C=O) groups is 1. The van der Waals surface area contributed by atoms with E-state index in [9.17, 15) is 4.79 Å². The largest absolute Gasteiger partial charge is 0.481 e. The van der Waals surface area contributed by atoms with Gasteiger partial charge in [0.1, 0.15) is 11.4 Å². The minimum Gasteiger partial charge on any atom is -0.481 e. The Balaban J connectivity index is 2.24. The van der Waals surface area contributed by atoms with E-state index < -0.39 is 11.6 Å². The van der Waals surface area contributed by atoms with Crippen LogP contribution in [0.4, 0.5) is 0 Å². The van der Waals surface area contributed by atoms with Crippen LogP contribution in [0.3, 0.4) is 0 Å². The number of pyridine rings is 1. The highest BCUT2D eigenvalue weighted by molar-refractivity contribution is 5.71. The molecule has 1 aromatic heterocycles. The average molecular weight is 348 g/mol. The number of hydrogen-bond donors (Lipinski definition) is 0. The lowest BCUT2D eigenvalue weighted by atomic mass is 10.1. The van der Waals surface area contributed by atoms with Gasteiger partial charge < -0.3 is 9.47 Å². The Morgan fingerprint density at radius 1 is 1.19 bits per heavy atom. The minimum absolute atomic E-state index is 0.232. The van der Waals surface area contributed by atoms with Gasteiger partial charge in [-0.1, -0.05) is 11.8 Å². The van der Waals surface area contributed by atoms with E-state index in [4.69, 9.17) is 14.7 Å². The first-order chi connectivity index (χ1) is 12.3. The zero-order chi connectivity index (χ0) is 19.2. The number of ether oxygens (including phenoxy) is 2. The van der Waals surface area contributed by atoms with E-state index in [-0.39, 0.29) is 6.61 Å². The van der Waals surface area contributed by atoms with Crippen LogP contribution >= 0.6 is 0 Å². The molecule has 0 aliphatic carbocycles. The Labute approximate surface area is 153 Å². The molecule has 0 saturated carbocycles. The van der Waals surface area contributed by atoms with Crippen LogP contribution in [0, 0.1) is 30.1 Å². The number of carbonyl (C=O) groups excluding carboxylic acids is 1. The maximum absolute atomic E-state index is 11.8. The van der Waals surface area contributed by atoms with Gasteiger partial charge in [0.2, 0.25) is 0 Å². The Bertz CT molecular complexity index is 909. The molecule has 0 radical (unpaired) electrons. The molecular formula is C21H20N2O3. The third-order valence-electron chi connectivity index (χ3n) is 3.25. The van der Waals surface area contributed by atoms with Crippen molar-refractivity contribution in [2.75, 3.05) is 6.61 Å². The molecule has 0 unspecified atom stereocenters. The van der Waals surface area contributed by atoms with Gasteiger partial charge in [0, 0.05) is 18.0 Å².